The molecule has 5 nitrogen and oxygen atoms in total. The van der Waals surface area contributed by atoms with Gasteiger partial charge in [0.2, 0.25) is 0 Å². The Hall–Kier alpha value is -4.01. The summed E-state index contributed by atoms with van der Waals surface area (Å²) in [5.74, 6) is 4.84. The van der Waals surface area contributed by atoms with Crippen molar-refractivity contribution in [3.63, 3.8) is 0 Å². The van der Waals surface area contributed by atoms with Crippen LogP contribution in [-0.2, 0) is 11.3 Å². The van der Waals surface area contributed by atoms with Crippen LogP contribution in [0.15, 0.2) is 72.9 Å². The summed E-state index contributed by atoms with van der Waals surface area (Å²) in [6, 6.07) is 22.2. The van der Waals surface area contributed by atoms with E-state index in [4.69, 9.17) is 4.98 Å². The fourth-order valence-electron chi connectivity index (χ4n) is 3.35. The smallest absolute Gasteiger partial charge is 0.321 e. The average molecular weight is 423 g/mol. The fourth-order valence-corrected chi connectivity index (χ4v) is 3.35. The maximum Gasteiger partial charge on any atom is 0.321 e. The van der Waals surface area contributed by atoms with Gasteiger partial charge in [0.05, 0.1) is 17.8 Å². The summed E-state index contributed by atoms with van der Waals surface area (Å²) in [6.45, 7) is 3.89. The Morgan fingerprint density at radius 2 is 1.75 bits per heavy atom. The molecule has 0 saturated heterocycles. The van der Waals surface area contributed by atoms with E-state index in [1.807, 2.05) is 42.5 Å². The number of hydrogen-bond acceptors (Lipinski definition) is 3. The molecule has 0 aliphatic rings. The molecule has 2 heterocycles. The van der Waals surface area contributed by atoms with Crippen LogP contribution in [-0.4, -0.2) is 21.0 Å². The van der Waals surface area contributed by atoms with Crippen molar-refractivity contribution in [1.29, 1.82) is 0 Å². The zero-order valence-corrected chi connectivity index (χ0v) is 18.1. The van der Waals surface area contributed by atoms with Gasteiger partial charge >= 0.3 is 5.97 Å². The molecule has 4 N–H and O–H groups in total. The Labute approximate surface area is 187 Å². The first-order valence-electron chi connectivity index (χ1n) is 10.4. The lowest BCUT2D eigenvalue weighted by molar-refractivity contribution is -0.386. The number of aliphatic carboxylic acids is 1. The predicted molar refractivity (Wildman–Crippen MR) is 125 cm³/mol. The van der Waals surface area contributed by atoms with Crippen LogP contribution in [0.3, 0.4) is 0 Å². The second kappa shape index (κ2) is 8.62. The largest absolute Gasteiger partial charge is 0.480 e. The summed E-state index contributed by atoms with van der Waals surface area (Å²) in [7, 11) is 0. The maximum absolute atomic E-state index is 11.5. The number of carboxylic acid groups (broad SMARTS) is 1. The molecule has 0 aliphatic heterocycles. The predicted octanol–water partition coefficient (Wildman–Crippen LogP) is 4.17. The first-order valence-corrected chi connectivity index (χ1v) is 10.4. The number of hydrogen-bond donors (Lipinski definition) is 2. The molecule has 0 aliphatic carbocycles. The number of fused-ring (bicyclic) bond motifs is 1. The molecule has 0 atom stereocenters. The van der Waals surface area contributed by atoms with Gasteiger partial charge in [0.15, 0.2) is 0 Å². The van der Waals surface area contributed by atoms with E-state index in [-0.39, 0.29) is 0 Å². The second-order valence-electron chi connectivity index (χ2n) is 8.10. The van der Waals surface area contributed by atoms with E-state index in [2.05, 4.69) is 46.8 Å². The summed E-state index contributed by atoms with van der Waals surface area (Å²) < 4.78 is 0. The van der Waals surface area contributed by atoms with Crippen molar-refractivity contribution in [2.45, 2.75) is 20.4 Å². The van der Waals surface area contributed by atoms with Gasteiger partial charge in [0.1, 0.15) is 11.1 Å². The molecule has 158 valence electrons. The van der Waals surface area contributed by atoms with Crippen molar-refractivity contribution >= 4 is 16.9 Å². The Morgan fingerprint density at radius 3 is 2.41 bits per heavy atom. The minimum Gasteiger partial charge on any atom is -0.480 e. The van der Waals surface area contributed by atoms with Crippen LogP contribution < -0.4 is 5.73 Å². The summed E-state index contributed by atoms with van der Waals surface area (Å²) in [6.07, 6.45) is 1.66. The van der Waals surface area contributed by atoms with Crippen LogP contribution in [0, 0.1) is 17.3 Å². The summed E-state index contributed by atoms with van der Waals surface area (Å²) in [4.78, 5) is 20.8. The topological polar surface area (TPSA) is 90.7 Å². The molecule has 0 saturated carbocycles. The third-order valence-corrected chi connectivity index (χ3v) is 5.37. The second-order valence-corrected chi connectivity index (χ2v) is 8.10. The van der Waals surface area contributed by atoms with Gasteiger partial charge in [0, 0.05) is 28.3 Å². The van der Waals surface area contributed by atoms with Crippen LogP contribution in [0.1, 0.15) is 25.1 Å². The van der Waals surface area contributed by atoms with Gasteiger partial charge in [-0.25, -0.2) is 9.97 Å². The highest BCUT2D eigenvalue weighted by atomic mass is 16.4. The van der Waals surface area contributed by atoms with E-state index < -0.39 is 11.4 Å². The monoisotopic (exact) mass is 422 g/mol. The number of pyridine rings is 2. The summed E-state index contributed by atoms with van der Waals surface area (Å²) in [5, 5.41) is 10.2. The van der Waals surface area contributed by atoms with Gasteiger partial charge in [-0.3, -0.25) is 4.79 Å². The van der Waals surface area contributed by atoms with E-state index >= 15 is 0 Å². The first-order chi connectivity index (χ1) is 15.4. The minimum absolute atomic E-state index is 0.514. The SMILES string of the molecule is CC(C)(C#Cc1nccc2nc(-c3ccc(C[NH3+])cc3)c(-c3ccccc3)cc12)C(=O)O. The molecule has 2 aromatic carbocycles. The van der Waals surface area contributed by atoms with Gasteiger partial charge < -0.3 is 10.8 Å². The molecule has 0 radical (unpaired) electrons. The van der Waals surface area contributed by atoms with Crippen molar-refractivity contribution in [3.05, 3.63) is 84.2 Å². The molecule has 0 amide bonds. The van der Waals surface area contributed by atoms with E-state index in [0.29, 0.717) is 5.69 Å². The van der Waals surface area contributed by atoms with Crippen molar-refractivity contribution in [2.24, 2.45) is 5.41 Å². The molecule has 0 bridgehead atoms. The highest BCUT2D eigenvalue weighted by Gasteiger charge is 2.24. The molecular weight excluding hydrogens is 398 g/mol. The zero-order valence-electron chi connectivity index (χ0n) is 18.1. The van der Waals surface area contributed by atoms with E-state index in [1.54, 1.807) is 20.0 Å². The lowest BCUT2D eigenvalue weighted by Crippen LogP contribution is -2.47. The van der Waals surface area contributed by atoms with Crippen LogP contribution in [0.25, 0.3) is 33.3 Å². The van der Waals surface area contributed by atoms with Gasteiger partial charge in [-0.05, 0) is 37.5 Å². The van der Waals surface area contributed by atoms with E-state index in [1.165, 1.54) is 5.56 Å². The van der Waals surface area contributed by atoms with Crippen molar-refractivity contribution < 1.29 is 15.6 Å². The van der Waals surface area contributed by atoms with Crippen LogP contribution >= 0.6 is 0 Å². The molecule has 4 rings (SSSR count). The standard InChI is InChI=1S/C27H23N3O2/c1-27(2,26(31)32)14-12-23-22-16-21(19-6-4-3-5-7-19)25(30-24(22)13-15-29-23)20-10-8-18(17-28)9-11-20/h3-11,13,15-16H,17,28H2,1-2H3,(H,31,32)/p+1. The number of quaternary nitrogens is 1. The molecule has 0 unspecified atom stereocenters. The average Bonchev–Trinajstić information content (AvgIpc) is 2.82. The van der Waals surface area contributed by atoms with Crippen LogP contribution in [0.5, 0.6) is 0 Å². The van der Waals surface area contributed by atoms with Crippen LogP contribution in [0.2, 0.25) is 0 Å². The highest BCUT2D eigenvalue weighted by Crippen LogP contribution is 2.34. The highest BCUT2D eigenvalue weighted by molar-refractivity contribution is 5.94. The summed E-state index contributed by atoms with van der Waals surface area (Å²) in [5.41, 5.74) is 9.10. The third kappa shape index (κ3) is 4.22. The molecular formula is C27H24N3O2+. The molecule has 32 heavy (non-hydrogen) atoms. The number of nitrogens with zero attached hydrogens (tertiary/aromatic N) is 2. The van der Waals surface area contributed by atoms with Gasteiger partial charge in [-0.1, -0.05) is 60.5 Å². The molecule has 0 fully saturated rings. The van der Waals surface area contributed by atoms with E-state index in [9.17, 15) is 9.90 Å². The van der Waals surface area contributed by atoms with Crippen molar-refractivity contribution in [2.75, 3.05) is 0 Å². The van der Waals surface area contributed by atoms with Gasteiger partial charge in [-0.15, -0.1) is 0 Å². The number of aromatic nitrogens is 2. The quantitative estimate of drug-likeness (QED) is 0.483. The molecule has 0 spiro atoms. The van der Waals surface area contributed by atoms with Crippen LogP contribution in [0.4, 0.5) is 0 Å². The lowest BCUT2D eigenvalue weighted by atomic mass is 9.94. The number of carboxylic acids is 1. The Morgan fingerprint density at radius 1 is 1.03 bits per heavy atom. The Balaban J connectivity index is 1.95. The maximum atomic E-state index is 11.5. The minimum atomic E-state index is -1.17. The number of carbonyl (C=O) groups is 1. The third-order valence-electron chi connectivity index (χ3n) is 5.37. The van der Waals surface area contributed by atoms with Gasteiger partial charge in [0.25, 0.3) is 0 Å². The lowest BCUT2D eigenvalue weighted by Gasteiger charge is -2.13. The fraction of sp³-hybridized carbons (Fsp3) is 0.148. The van der Waals surface area contributed by atoms with E-state index in [0.717, 1.165) is 39.8 Å². The number of benzene rings is 2. The van der Waals surface area contributed by atoms with Gasteiger partial charge in [-0.2, -0.15) is 0 Å². The molecule has 4 aromatic rings. The molecule has 5 heteroatoms. The summed E-state index contributed by atoms with van der Waals surface area (Å²) >= 11 is 0. The van der Waals surface area contributed by atoms with Crippen molar-refractivity contribution in [1.82, 2.24) is 9.97 Å². The normalized spacial score (nSPS) is 11.1. The number of rotatable bonds is 4. The molecule has 2 aromatic heterocycles. The Kier molecular flexibility index (Phi) is 5.72. The zero-order chi connectivity index (χ0) is 22.7. The Bertz CT molecular complexity index is 1350. The first kappa shape index (κ1) is 21.2. The van der Waals surface area contributed by atoms with Crippen molar-refractivity contribution in [3.8, 4) is 34.2 Å².